The molecule has 0 aliphatic rings. The zero-order valence-electron chi connectivity index (χ0n) is 9.59. The minimum Gasteiger partial charge on any atom is -0.419 e. The monoisotopic (exact) mass is 208 g/mol. The molecule has 0 radical (unpaired) electrons. The zero-order chi connectivity index (χ0) is 11.6. The van der Waals surface area contributed by atoms with E-state index in [0.717, 1.165) is 5.56 Å². The first-order valence-corrected chi connectivity index (χ1v) is 5.06. The van der Waals surface area contributed by atoms with E-state index in [-0.39, 0.29) is 17.2 Å². The fraction of sp³-hybridized carbons (Fsp3) is 0.500. The normalized spacial score (nSPS) is 10.7. The molecule has 0 aliphatic carbocycles. The van der Waals surface area contributed by atoms with Crippen molar-refractivity contribution in [3.05, 3.63) is 33.4 Å². The molecule has 15 heavy (non-hydrogen) atoms. The molecule has 0 saturated heterocycles. The molecule has 0 aromatic carbocycles. The van der Waals surface area contributed by atoms with E-state index in [1.807, 2.05) is 13.8 Å². The molecule has 0 unspecified atom stereocenters. The van der Waals surface area contributed by atoms with Gasteiger partial charge in [-0.15, -0.1) is 0 Å². The van der Waals surface area contributed by atoms with Crippen molar-refractivity contribution in [1.29, 1.82) is 0 Å². The molecule has 0 spiro atoms. The van der Waals surface area contributed by atoms with Gasteiger partial charge in [-0.05, 0) is 30.9 Å². The van der Waals surface area contributed by atoms with E-state index in [4.69, 9.17) is 4.42 Å². The Morgan fingerprint density at radius 1 is 1.47 bits per heavy atom. The third-order valence-corrected chi connectivity index (χ3v) is 2.15. The van der Waals surface area contributed by atoms with Gasteiger partial charge in [0.05, 0.1) is 0 Å². The van der Waals surface area contributed by atoms with Gasteiger partial charge in [0.25, 0.3) is 0 Å². The van der Waals surface area contributed by atoms with E-state index in [1.54, 1.807) is 13.0 Å². The highest BCUT2D eigenvalue weighted by atomic mass is 16.4. The van der Waals surface area contributed by atoms with Crippen LogP contribution in [0, 0.1) is 12.8 Å². The summed E-state index contributed by atoms with van der Waals surface area (Å²) in [5, 5.41) is 0. The average molecular weight is 208 g/mol. The molecule has 82 valence electrons. The van der Waals surface area contributed by atoms with E-state index in [2.05, 4.69) is 0 Å². The van der Waals surface area contributed by atoms with Crippen LogP contribution in [-0.4, -0.2) is 5.78 Å². The van der Waals surface area contributed by atoms with Crippen molar-refractivity contribution in [2.24, 2.45) is 5.92 Å². The first-order valence-electron chi connectivity index (χ1n) is 5.06. The van der Waals surface area contributed by atoms with Crippen molar-refractivity contribution >= 4 is 5.78 Å². The highest BCUT2D eigenvalue weighted by Crippen LogP contribution is 2.11. The van der Waals surface area contributed by atoms with Crippen molar-refractivity contribution < 1.29 is 9.21 Å². The molecule has 0 N–H and O–H groups in total. The maximum Gasteiger partial charge on any atom is 0.339 e. The first kappa shape index (κ1) is 11.7. The number of carbonyl (C=O) groups excluding carboxylic acids is 1. The molecule has 0 amide bonds. The Kier molecular flexibility index (Phi) is 3.45. The summed E-state index contributed by atoms with van der Waals surface area (Å²) in [6.07, 6.45) is 0.682. The summed E-state index contributed by atoms with van der Waals surface area (Å²) in [6, 6.07) is 1.75. The van der Waals surface area contributed by atoms with Gasteiger partial charge in [-0.3, -0.25) is 4.79 Å². The van der Waals surface area contributed by atoms with Crippen molar-refractivity contribution in [3.8, 4) is 0 Å². The van der Waals surface area contributed by atoms with E-state index >= 15 is 0 Å². The second kappa shape index (κ2) is 4.43. The number of ketones is 1. The van der Waals surface area contributed by atoms with Gasteiger partial charge in [0.1, 0.15) is 0 Å². The number of Topliss-reactive ketones (excluding diaryl/α,β-unsaturated/α-hetero) is 1. The van der Waals surface area contributed by atoms with E-state index in [9.17, 15) is 9.59 Å². The number of rotatable bonds is 3. The standard InChI is InChI=1S/C12H16O3/c1-7(2)5-10-6-8(3)11(9(4)13)15-12(10)14/h6-7H,5H2,1-4H3. The van der Waals surface area contributed by atoms with Crippen LogP contribution < -0.4 is 5.63 Å². The fourth-order valence-corrected chi connectivity index (χ4v) is 1.56. The van der Waals surface area contributed by atoms with Crippen LogP contribution in [0.5, 0.6) is 0 Å². The zero-order valence-corrected chi connectivity index (χ0v) is 9.59. The molecule has 0 saturated carbocycles. The van der Waals surface area contributed by atoms with Crippen LogP contribution in [0.25, 0.3) is 0 Å². The Labute approximate surface area is 89.1 Å². The lowest BCUT2D eigenvalue weighted by Crippen LogP contribution is -2.14. The van der Waals surface area contributed by atoms with Crippen LogP contribution in [-0.2, 0) is 6.42 Å². The van der Waals surface area contributed by atoms with Crippen molar-refractivity contribution in [2.75, 3.05) is 0 Å². The fourth-order valence-electron chi connectivity index (χ4n) is 1.56. The van der Waals surface area contributed by atoms with Gasteiger partial charge in [0.15, 0.2) is 11.5 Å². The molecule has 0 atom stereocenters. The van der Waals surface area contributed by atoms with Gasteiger partial charge in [-0.2, -0.15) is 0 Å². The third kappa shape index (κ3) is 2.78. The molecule has 1 heterocycles. The maximum absolute atomic E-state index is 11.5. The van der Waals surface area contributed by atoms with Crippen LogP contribution in [0.1, 0.15) is 42.5 Å². The highest BCUT2D eigenvalue weighted by Gasteiger charge is 2.12. The SMILES string of the molecule is CC(=O)c1oc(=O)c(CC(C)C)cc1C. The first-order chi connectivity index (χ1) is 6.91. The second-order valence-electron chi connectivity index (χ2n) is 4.23. The number of carbonyl (C=O) groups is 1. The summed E-state index contributed by atoms with van der Waals surface area (Å²) in [4.78, 5) is 22.6. The Morgan fingerprint density at radius 3 is 2.53 bits per heavy atom. The molecule has 1 aromatic rings. The van der Waals surface area contributed by atoms with E-state index < -0.39 is 0 Å². The van der Waals surface area contributed by atoms with Crippen LogP contribution in [0.4, 0.5) is 0 Å². The summed E-state index contributed by atoms with van der Waals surface area (Å²) >= 11 is 0. The topological polar surface area (TPSA) is 47.3 Å². The summed E-state index contributed by atoms with van der Waals surface area (Å²) < 4.78 is 5.00. The minimum atomic E-state index is -0.389. The van der Waals surface area contributed by atoms with Gasteiger partial charge in [-0.25, -0.2) is 4.79 Å². The predicted octanol–water partition coefficient (Wildman–Crippen LogP) is 2.35. The smallest absolute Gasteiger partial charge is 0.339 e. The van der Waals surface area contributed by atoms with Crippen molar-refractivity contribution in [3.63, 3.8) is 0 Å². The number of aryl methyl sites for hydroxylation is 1. The third-order valence-electron chi connectivity index (χ3n) is 2.15. The summed E-state index contributed by atoms with van der Waals surface area (Å²) in [5.74, 6) is 0.365. The predicted molar refractivity (Wildman–Crippen MR) is 58.3 cm³/mol. The van der Waals surface area contributed by atoms with Crippen LogP contribution in [0.15, 0.2) is 15.3 Å². The molecule has 0 fully saturated rings. The van der Waals surface area contributed by atoms with Crippen LogP contribution in [0.2, 0.25) is 0 Å². The number of hydrogen-bond acceptors (Lipinski definition) is 3. The maximum atomic E-state index is 11.5. The molecule has 0 aliphatic heterocycles. The lowest BCUT2D eigenvalue weighted by molar-refractivity contribution is 0.0981. The van der Waals surface area contributed by atoms with E-state index in [0.29, 0.717) is 17.9 Å². The lowest BCUT2D eigenvalue weighted by Gasteiger charge is -2.06. The van der Waals surface area contributed by atoms with Gasteiger partial charge >= 0.3 is 5.63 Å². The molecule has 3 heteroatoms. The van der Waals surface area contributed by atoms with Gasteiger partial charge < -0.3 is 4.42 Å². The Balaban J connectivity index is 3.20. The molecule has 1 rings (SSSR count). The molecule has 3 nitrogen and oxygen atoms in total. The van der Waals surface area contributed by atoms with Crippen molar-refractivity contribution in [2.45, 2.75) is 34.1 Å². The van der Waals surface area contributed by atoms with E-state index in [1.165, 1.54) is 6.92 Å². The van der Waals surface area contributed by atoms with Gasteiger partial charge in [-0.1, -0.05) is 13.8 Å². The average Bonchev–Trinajstić information content (AvgIpc) is 2.09. The van der Waals surface area contributed by atoms with Crippen LogP contribution >= 0.6 is 0 Å². The lowest BCUT2D eigenvalue weighted by atomic mass is 10.0. The summed E-state index contributed by atoms with van der Waals surface area (Å²) in [7, 11) is 0. The quantitative estimate of drug-likeness (QED) is 0.716. The Bertz CT molecular complexity index is 427. The highest BCUT2D eigenvalue weighted by molar-refractivity contribution is 5.92. The number of hydrogen-bond donors (Lipinski definition) is 0. The Hall–Kier alpha value is -1.38. The van der Waals surface area contributed by atoms with Gasteiger partial charge in [0, 0.05) is 12.5 Å². The summed E-state index contributed by atoms with van der Waals surface area (Å²) in [5.41, 5.74) is 0.991. The summed E-state index contributed by atoms with van der Waals surface area (Å²) in [6.45, 7) is 7.25. The van der Waals surface area contributed by atoms with Crippen molar-refractivity contribution in [1.82, 2.24) is 0 Å². The Morgan fingerprint density at radius 2 is 2.07 bits per heavy atom. The second-order valence-corrected chi connectivity index (χ2v) is 4.23. The van der Waals surface area contributed by atoms with Crippen LogP contribution in [0.3, 0.4) is 0 Å². The molecule has 0 bridgehead atoms. The molecular formula is C12H16O3. The molecule has 1 aromatic heterocycles. The van der Waals surface area contributed by atoms with Gasteiger partial charge in [0.2, 0.25) is 0 Å². The minimum absolute atomic E-state index is 0.174. The largest absolute Gasteiger partial charge is 0.419 e. The molecular weight excluding hydrogens is 192 g/mol.